The van der Waals surface area contributed by atoms with Gasteiger partial charge in [-0.25, -0.2) is 0 Å². The monoisotopic (exact) mass is 820 g/mol. The van der Waals surface area contributed by atoms with E-state index in [0.29, 0.717) is 11.8 Å². The highest BCUT2D eigenvalue weighted by molar-refractivity contribution is 6.09. The van der Waals surface area contributed by atoms with Crippen molar-refractivity contribution >= 4 is 49.6 Å². The fourth-order valence-electron chi connectivity index (χ4n) is 13.6. The molecule has 4 atom stereocenters. The van der Waals surface area contributed by atoms with E-state index in [1.807, 2.05) is 0 Å². The number of rotatable bonds is 5. The fourth-order valence-corrected chi connectivity index (χ4v) is 13.6. The quantitative estimate of drug-likeness (QED) is 0.168. The third-order valence-electron chi connectivity index (χ3n) is 16.0. The van der Waals surface area contributed by atoms with Crippen molar-refractivity contribution in [2.75, 3.05) is 4.90 Å². The fraction of sp³-hybridized carbons (Fsp3) is 0.161. The summed E-state index contributed by atoms with van der Waals surface area (Å²) in [6, 6.07) is 78.4. The van der Waals surface area contributed by atoms with Crippen LogP contribution in [0.1, 0.15) is 71.4 Å². The number of aromatic nitrogens is 1. The molecule has 2 bridgehead atoms. The van der Waals surface area contributed by atoms with Gasteiger partial charge in [-0.15, -0.1) is 0 Å². The molecule has 2 nitrogen and oxygen atoms in total. The molecule has 0 N–H and O–H groups in total. The van der Waals surface area contributed by atoms with Gasteiger partial charge in [-0.1, -0.05) is 165 Å². The van der Waals surface area contributed by atoms with Gasteiger partial charge in [-0.3, -0.25) is 0 Å². The van der Waals surface area contributed by atoms with Crippen molar-refractivity contribution in [1.29, 1.82) is 0 Å². The Labute approximate surface area is 375 Å². The number of nitrogens with zero attached hydrogens (tertiary/aromatic N) is 2. The highest BCUT2D eigenvalue weighted by atomic mass is 15.1. The van der Waals surface area contributed by atoms with E-state index in [1.54, 1.807) is 0 Å². The van der Waals surface area contributed by atoms with Crippen molar-refractivity contribution in [3.8, 4) is 16.8 Å². The van der Waals surface area contributed by atoms with Crippen molar-refractivity contribution in [2.45, 2.75) is 43.4 Å². The maximum Gasteiger partial charge on any atom is 0.0719 e. The standard InChI is InChI=1S/C62H48N2/c1-2-16-47-42(14-1)15-13-27-58(47)63(44-30-32-45(33-31-44)64-59-25-11-6-19-50(59)51-20-7-12-26-60(51)64)46-34-35-57-53(39-46)61(43-37-40-28-29-41(36-40)38-43)52-21-5-10-24-56(52)62(57)54-22-8-3-17-48(54)49-18-4-9-23-55(49)62/h1-27,30-35,39-41,43,61H,28-29,36-38H2/t40-,41+,43-,61?. The number of hydrogen-bond acceptors (Lipinski definition) is 1. The molecule has 1 spiro atoms. The first kappa shape index (κ1) is 36.3. The minimum absolute atomic E-state index is 0.312. The summed E-state index contributed by atoms with van der Waals surface area (Å²) in [6.45, 7) is 0. The molecule has 1 heterocycles. The van der Waals surface area contributed by atoms with Crippen LogP contribution in [-0.4, -0.2) is 4.57 Å². The van der Waals surface area contributed by atoms with Gasteiger partial charge >= 0.3 is 0 Å². The van der Waals surface area contributed by atoms with E-state index in [4.69, 9.17) is 0 Å². The van der Waals surface area contributed by atoms with Gasteiger partial charge in [0, 0.05) is 39.1 Å². The summed E-state index contributed by atoms with van der Waals surface area (Å²) in [4.78, 5) is 2.55. The lowest BCUT2D eigenvalue weighted by Crippen LogP contribution is -2.38. The molecule has 4 aliphatic carbocycles. The zero-order chi connectivity index (χ0) is 41.9. The van der Waals surface area contributed by atoms with Crippen molar-refractivity contribution < 1.29 is 0 Å². The van der Waals surface area contributed by atoms with Crippen molar-refractivity contribution in [3.63, 3.8) is 0 Å². The molecule has 1 unspecified atom stereocenters. The minimum atomic E-state index is -0.407. The first-order valence-corrected chi connectivity index (χ1v) is 23.5. The molecule has 2 heteroatoms. The molecular formula is C62H48N2. The summed E-state index contributed by atoms with van der Waals surface area (Å²) < 4.78 is 2.42. The Morgan fingerprint density at radius 3 is 1.67 bits per heavy atom. The Bertz CT molecular complexity index is 3360. The third kappa shape index (κ3) is 5.08. The number of anilines is 3. The first-order valence-electron chi connectivity index (χ1n) is 23.5. The van der Waals surface area contributed by atoms with Crippen LogP contribution in [0.4, 0.5) is 17.1 Å². The van der Waals surface area contributed by atoms with Gasteiger partial charge in [0.25, 0.3) is 0 Å². The van der Waals surface area contributed by atoms with Crippen LogP contribution in [-0.2, 0) is 5.41 Å². The van der Waals surface area contributed by atoms with Gasteiger partial charge in [0.2, 0.25) is 0 Å². The molecule has 10 aromatic rings. The lowest BCUT2D eigenvalue weighted by atomic mass is 9.56. The Kier molecular flexibility index (Phi) is 7.90. The second kappa shape index (κ2) is 13.9. The van der Waals surface area contributed by atoms with Gasteiger partial charge in [-0.05, 0) is 142 Å². The van der Waals surface area contributed by atoms with Crippen LogP contribution < -0.4 is 4.90 Å². The van der Waals surface area contributed by atoms with Crippen LogP contribution in [0.25, 0.3) is 49.4 Å². The van der Waals surface area contributed by atoms with Gasteiger partial charge < -0.3 is 9.47 Å². The summed E-state index contributed by atoms with van der Waals surface area (Å²) >= 11 is 0. The number of fused-ring (bicyclic) bond motifs is 15. The van der Waals surface area contributed by atoms with Crippen molar-refractivity contribution in [3.05, 3.63) is 240 Å². The molecule has 0 aliphatic heterocycles. The zero-order valence-corrected chi connectivity index (χ0v) is 35.9. The highest BCUT2D eigenvalue weighted by Crippen LogP contribution is 2.64. The molecule has 0 radical (unpaired) electrons. The predicted octanol–water partition coefficient (Wildman–Crippen LogP) is 16.0. The second-order valence-corrected chi connectivity index (χ2v) is 19.2. The number of hydrogen-bond donors (Lipinski definition) is 0. The summed E-state index contributed by atoms with van der Waals surface area (Å²) in [5.41, 5.74) is 18.2. The smallest absolute Gasteiger partial charge is 0.0719 e. The summed E-state index contributed by atoms with van der Waals surface area (Å²) in [6.07, 6.45) is 6.84. The maximum atomic E-state index is 2.64. The average molecular weight is 821 g/mol. The molecule has 9 aromatic carbocycles. The zero-order valence-electron chi connectivity index (χ0n) is 35.9. The van der Waals surface area contributed by atoms with Gasteiger partial charge in [0.05, 0.1) is 22.1 Å². The van der Waals surface area contributed by atoms with Crippen LogP contribution in [0.2, 0.25) is 0 Å². The topological polar surface area (TPSA) is 8.17 Å². The van der Waals surface area contributed by atoms with Crippen molar-refractivity contribution in [2.24, 2.45) is 17.8 Å². The van der Waals surface area contributed by atoms with Crippen LogP contribution in [0.15, 0.2) is 206 Å². The lowest BCUT2D eigenvalue weighted by molar-refractivity contribution is 0.238. The molecule has 2 fully saturated rings. The molecule has 14 rings (SSSR count). The Balaban J connectivity index is 1.02. The normalized spacial score (nSPS) is 20.0. The SMILES string of the molecule is c1ccc2c(c1)-c1ccccc1C21c2ccccc2C([C@@H]2C[C@@H]3CC[C@@H](C3)C2)c2cc(N(c3ccc(-n4c5ccccc5c5ccccc54)cc3)c3cccc4ccccc34)ccc21. The molecule has 4 aliphatic rings. The maximum absolute atomic E-state index is 2.64. The number of benzene rings is 9. The van der Waals surface area contributed by atoms with E-state index in [2.05, 4.69) is 216 Å². The molecular weight excluding hydrogens is 773 g/mol. The minimum Gasteiger partial charge on any atom is -0.310 e. The number of para-hydroxylation sites is 2. The molecule has 0 amide bonds. The van der Waals surface area contributed by atoms with Crippen LogP contribution >= 0.6 is 0 Å². The second-order valence-electron chi connectivity index (χ2n) is 19.2. The molecule has 64 heavy (non-hydrogen) atoms. The van der Waals surface area contributed by atoms with Gasteiger partial charge in [0.15, 0.2) is 0 Å². The predicted molar refractivity (Wildman–Crippen MR) is 266 cm³/mol. The van der Waals surface area contributed by atoms with Crippen LogP contribution in [0.3, 0.4) is 0 Å². The Hall–Kier alpha value is -7.16. The van der Waals surface area contributed by atoms with E-state index >= 15 is 0 Å². The Morgan fingerprint density at radius 1 is 0.422 bits per heavy atom. The van der Waals surface area contributed by atoms with Crippen LogP contribution in [0, 0.1) is 17.8 Å². The summed E-state index contributed by atoms with van der Waals surface area (Å²) in [5, 5.41) is 5.05. The van der Waals surface area contributed by atoms with E-state index in [-0.39, 0.29) is 0 Å². The Morgan fingerprint density at radius 2 is 0.969 bits per heavy atom. The van der Waals surface area contributed by atoms with Gasteiger partial charge in [-0.2, -0.15) is 0 Å². The van der Waals surface area contributed by atoms with Crippen molar-refractivity contribution in [1.82, 2.24) is 4.57 Å². The molecule has 2 saturated carbocycles. The first-order chi connectivity index (χ1) is 31.7. The lowest BCUT2D eigenvalue weighted by Gasteiger charge is -2.47. The van der Waals surface area contributed by atoms with Gasteiger partial charge in [0.1, 0.15) is 0 Å². The molecule has 306 valence electrons. The van der Waals surface area contributed by atoms with E-state index < -0.39 is 5.41 Å². The highest BCUT2D eigenvalue weighted by Gasteiger charge is 2.53. The molecule has 1 aromatic heterocycles. The largest absolute Gasteiger partial charge is 0.310 e. The summed E-state index contributed by atoms with van der Waals surface area (Å²) in [5.74, 6) is 2.59. The molecule has 0 saturated heterocycles. The summed E-state index contributed by atoms with van der Waals surface area (Å²) in [7, 11) is 0. The van der Waals surface area contributed by atoms with Crippen LogP contribution in [0.5, 0.6) is 0 Å². The van der Waals surface area contributed by atoms with E-state index in [1.165, 1.54) is 121 Å². The van der Waals surface area contributed by atoms with E-state index in [0.717, 1.165) is 23.2 Å². The van der Waals surface area contributed by atoms with E-state index in [9.17, 15) is 0 Å². The third-order valence-corrected chi connectivity index (χ3v) is 16.0. The average Bonchev–Trinajstić information content (AvgIpc) is 3.98.